The van der Waals surface area contributed by atoms with Crippen LogP contribution in [0.4, 0.5) is 0 Å². The molecule has 0 radical (unpaired) electrons. The smallest absolute Gasteiger partial charge is 0.342 e. The second-order valence-electron chi connectivity index (χ2n) is 13.1. The first-order valence-corrected chi connectivity index (χ1v) is 16.3. The van der Waals surface area contributed by atoms with Crippen LogP contribution in [0.2, 0.25) is 0 Å². The molecule has 3 aliphatic heterocycles. The minimum Gasteiger partial charge on any atom is -0.491 e. The molecule has 0 bridgehead atoms. The van der Waals surface area contributed by atoms with Crippen molar-refractivity contribution in [3.63, 3.8) is 0 Å². The van der Waals surface area contributed by atoms with Gasteiger partial charge in [-0.15, -0.1) is 0 Å². The lowest BCUT2D eigenvalue weighted by Gasteiger charge is -2.26. The van der Waals surface area contributed by atoms with E-state index in [1.165, 1.54) is 7.11 Å². The van der Waals surface area contributed by atoms with Crippen molar-refractivity contribution in [2.75, 3.05) is 27.1 Å². The van der Waals surface area contributed by atoms with Crippen LogP contribution >= 0.6 is 0 Å². The molecule has 2 aromatic carbocycles. The molecule has 2 aromatic rings. The van der Waals surface area contributed by atoms with Crippen LogP contribution in [0.3, 0.4) is 0 Å². The van der Waals surface area contributed by atoms with Crippen LogP contribution in [0.1, 0.15) is 74.2 Å². The molecular weight excluding hydrogens is 620 g/mol. The van der Waals surface area contributed by atoms with Crippen LogP contribution in [0.5, 0.6) is 11.5 Å². The van der Waals surface area contributed by atoms with Gasteiger partial charge in [-0.05, 0) is 70.9 Å². The van der Waals surface area contributed by atoms with Crippen molar-refractivity contribution in [2.45, 2.75) is 90.1 Å². The van der Waals surface area contributed by atoms with Crippen LogP contribution in [0.25, 0.3) is 6.08 Å². The molecule has 5 rings (SSSR count). The number of carbonyl (C=O) groups excluding carboxylic acids is 2. The standard InChI is InChI=1S/C37H46O11/c1-23-16-17-29(45-34(38)25-12-9-8-10-13-25)33-30(47-37(5,6)48-33)15-11-14-26-18-27(41-20-28-21-43-36(3,4)46-28)19-31(42-22-40-7)32(26)35(39)44-24(23)2/h8-14,16-19,23-24,28-30,33H,15,20-22H2,1-7H3/b14-11?,17-16-/t23-,24?,28+,29-,30?,33?/m1/s1. The van der Waals surface area contributed by atoms with Crippen LogP contribution in [0, 0.1) is 5.92 Å². The van der Waals surface area contributed by atoms with Crippen molar-refractivity contribution in [1.82, 2.24) is 0 Å². The van der Waals surface area contributed by atoms with E-state index in [1.54, 1.807) is 55.5 Å². The van der Waals surface area contributed by atoms with Crippen molar-refractivity contribution < 1.29 is 52.2 Å². The average molecular weight is 667 g/mol. The highest BCUT2D eigenvalue weighted by molar-refractivity contribution is 5.97. The van der Waals surface area contributed by atoms with Gasteiger partial charge in [0.1, 0.15) is 48.1 Å². The summed E-state index contributed by atoms with van der Waals surface area (Å²) >= 11 is 0. The summed E-state index contributed by atoms with van der Waals surface area (Å²) in [6.07, 6.45) is 5.02. The molecule has 0 aromatic heterocycles. The Morgan fingerprint density at radius 3 is 2.44 bits per heavy atom. The lowest BCUT2D eigenvalue weighted by Crippen LogP contribution is -2.37. The third kappa shape index (κ3) is 9.03. The molecule has 11 heteroatoms. The first kappa shape index (κ1) is 35.6. The Labute approximate surface area is 282 Å². The van der Waals surface area contributed by atoms with E-state index < -0.39 is 47.9 Å². The maximum absolute atomic E-state index is 13.8. The maximum Gasteiger partial charge on any atom is 0.342 e. The third-order valence-corrected chi connectivity index (χ3v) is 8.25. The molecule has 0 aliphatic carbocycles. The van der Waals surface area contributed by atoms with E-state index in [4.69, 9.17) is 42.6 Å². The Hall–Kier alpha value is -3.74. The van der Waals surface area contributed by atoms with Gasteiger partial charge in [0.15, 0.2) is 18.4 Å². The van der Waals surface area contributed by atoms with Gasteiger partial charge in [0.25, 0.3) is 0 Å². The molecular formula is C37H46O11. The SMILES string of the molecule is COCOc1cc(OC[C@H]2COC(C)(C)O2)cc2c1C(=O)OC(C)[C@H](C)/C=C\[C@@H](OC(=O)c1ccccc1)C1OC(C)(C)OC1CC=C2. The van der Waals surface area contributed by atoms with Gasteiger partial charge in [0.2, 0.25) is 0 Å². The Morgan fingerprint density at radius 2 is 1.73 bits per heavy atom. The van der Waals surface area contributed by atoms with Crippen molar-refractivity contribution >= 4 is 18.0 Å². The number of esters is 2. The van der Waals surface area contributed by atoms with E-state index in [2.05, 4.69) is 0 Å². The topological polar surface area (TPSA) is 117 Å². The van der Waals surface area contributed by atoms with Gasteiger partial charge in [-0.25, -0.2) is 9.59 Å². The largest absolute Gasteiger partial charge is 0.491 e. The lowest BCUT2D eigenvalue weighted by atomic mass is 9.98. The average Bonchev–Trinajstić information content (AvgIpc) is 3.56. The molecule has 3 heterocycles. The van der Waals surface area contributed by atoms with Crippen LogP contribution in [-0.2, 0) is 33.2 Å². The van der Waals surface area contributed by atoms with Gasteiger partial charge in [-0.2, -0.15) is 0 Å². The summed E-state index contributed by atoms with van der Waals surface area (Å²) in [7, 11) is 1.50. The summed E-state index contributed by atoms with van der Waals surface area (Å²) in [5.74, 6) is -2.22. The predicted octanol–water partition coefficient (Wildman–Crippen LogP) is 6.10. The summed E-state index contributed by atoms with van der Waals surface area (Å²) in [6.45, 7) is 11.6. The number of fused-ring (bicyclic) bond motifs is 2. The minimum absolute atomic E-state index is 0.0948. The highest BCUT2D eigenvalue weighted by Gasteiger charge is 2.45. The van der Waals surface area contributed by atoms with Gasteiger partial charge >= 0.3 is 11.9 Å². The number of cyclic esters (lactones) is 1. The first-order chi connectivity index (χ1) is 22.8. The number of rotatable bonds is 8. The Bertz CT molecular complexity index is 1480. The molecule has 11 nitrogen and oxygen atoms in total. The van der Waals surface area contributed by atoms with Crippen LogP contribution in [-0.4, -0.2) is 81.1 Å². The fraction of sp³-hybridized carbons (Fsp3) is 0.514. The summed E-state index contributed by atoms with van der Waals surface area (Å²) in [4.78, 5) is 27.0. The number of benzene rings is 2. The van der Waals surface area contributed by atoms with Crippen LogP contribution < -0.4 is 9.47 Å². The van der Waals surface area contributed by atoms with E-state index in [1.807, 2.05) is 52.8 Å². The summed E-state index contributed by atoms with van der Waals surface area (Å²) in [5.41, 5.74) is 1.17. The highest BCUT2D eigenvalue weighted by atomic mass is 16.8. The van der Waals surface area contributed by atoms with E-state index in [0.717, 1.165) is 0 Å². The van der Waals surface area contributed by atoms with E-state index in [9.17, 15) is 9.59 Å². The fourth-order valence-electron chi connectivity index (χ4n) is 5.73. The van der Waals surface area contributed by atoms with E-state index >= 15 is 0 Å². The molecule has 6 atom stereocenters. The van der Waals surface area contributed by atoms with E-state index in [0.29, 0.717) is 29.9 Å². The van der Waals surface area contributed by atoms with Gasteiger partial charge in [-0.3, -0.25) is 0 Å². The van der Waals surface area contributed by atoms with Gasteiger partial charge < -0.3 is 42.6 Å². The zero-order valence-corrected chi connectivity index (χ0v) is 28.6. The number of hydrogen-bond donors (Lipinski definition) is 0. The zero-order chi connectivity index (χ0) is 34.5. The van der Waals surface area contributed by atoms with Crippen LogP contribution in [0.15, 0.2) is 60.7 Å². The monoisotopic (exact) mass is 666 g/mol. The molecule has 48 heavy (non-hydrogen) atoms. The molecule has 0 saturated carbocycles. The summed E-state index contributed by atoms with van der Waals surface area (Å²) < 4.78 is 53.4. The summed E-state index contributed by atoms with van der Waals surface area (Å²) in [5, 5.41) is 0. The fourth-order valence-corrected chi connectivity index (χ4v) is 5.73. The Kier molecular flexibility index (Phi) is 11.3. The molecule has 2 fully saturated rings. The van der Waals surface area contributed by atoms with Crippen molar-refractivity contribution in [3.05, 3.63) is 77.4 Å². The van der Waals surface area contributed by atoms with Gasteiger partial charge in [-0.1, -0.05) is 43.4 Å². The third-order valence-electron chi connectivity index (χ3n) is 8.25. The second-order valence-corrected chi connectivity index (χ2v) is 13.1. The normalized spacial score (nSPS) is 28.8. The van der Waals surface area contributed by atoms with Gasteiger partial charge in [0, 0.05) is 19.1 Å². The second kappa shape index (κ2) is 15.2. The molecule has 2 saturated heterocycles. The highest BCUT2D eigenvalue weighted by Crippen LogP contribution is 2.36. The minimum atomic E-state index is -0.930. The quantitative estimate of drug-likeness (QED) is 0.185. The van der Waals surface area contributed by atoms with Gasteiger partial charge in [0.05, 0.1) is 18.3 Å². The molecule has 3 unspecified atom stereocenters. The zero-order valence-electron chi connectivity index (χ0n) is 28.6. The molecule has 0 spiro atoms. The first-order valence-electron chi connectivity index (χ1n) is 16.3. The molecule has 260 valence electrons. The number of ether oxygens (including phenoxy) is 9. The van der Waals surface area contributed by atoms with Crippen molar-refractivity contribution in [3.8, 4) is 11.5 Å². The number of carbonyl (C=O) groups is 2. The predicted molar refractivity (Wildman–Crippen MR) is 176 cm³/mol. The summed E-state index contributed by atoms with van der Waals surface area (Å²) in [6, 6.07) is 12.2. The van der Waals surface area contributed by atoms with Crippen molar-refractivity contribution in [1.29, 1.82) is 0 Å². The maximum atomic E-state index is 13.8. The Balaban J connectivity index is 1.49. The lowest BCUT2D eigenvalue weighted by molar-refractivity contribution is -0.152. The molecule has 3 aliphatic rings. The Morgan fingerprint density at radius 1 is 0.958 bits per heavy atom. The molecule has 0 amide bonds. The van der Waals surface area contributed by atoms with E-state index in [-0.39, 0.29) is 36.7 Å². The van der Waals surface area contributed by atoms with Crippen molar-refractivity contribution in [2.24, 2.45) is 5.92 Å². The number of methoxy groups -OCH3 is 1. The number of hydrogen-bond acceptors (Lipinski definition) is 11. The molecule has 0 N–H and O–H groups in total.